The van der Waals surface area contributed by atoms with E-state index in [0.717, 1.165) is 0 Å². The molecule has 1 aliphatic carbocycles. The minimum Gasteiger partial charge on any atom is -0.468 e. The fourth-order valence-corrected chi connectivity index (χ4v) is 4.56. The highest BCUT2D eigenvalue weighted by Gasteiger charge is 2.47. The van der Waals surface area contributed by atoms with E-state index in [-0.39, 0.29) is 22.8 Å². The predicted octanol–water partition coefficient (Wildman–Crippen LogP) is 3.47. The number of carbonyl (C=O) groups excluding carboxylic acids is 3. The number of Topliss-reactive ketones (excluding diaryl/α,β-unsaturated/α-hetero) is 1. The number of hydrogen-bond acceptors (Lipinski definition) is 8. The quantitative estimate of drug-likeness (QED) is 0.309. The van der Waals surface area contributed by atoms with E-state index in [4.69, 9.17) is 9.47 Å². The van der Waals surface area contributed by atoms with E-state index >= 15 is 0 Å². The number of ketones is 1. The molecule has 1 aliphatic heterocycles. The Hall–Kier alpha value is -3.49. The second kappa shape index (κ2) is 9.17. The number of esters is 2. The molecule has 9 heteroatoms. The molecule has 33 heavy (non-hydrogen) atoms. The highest BCUT2D eigenvalue weighted by molar-refractivity contribution is 6.12. The molecule has 0 unspecified atom stereocenters. The van der Waals surface area contributed by atoms with Crippen LogP contribution in [0.25, 0.3) is 0 Å². The summed E-state index contributed by atoms with van der Waals surface area (Å²) in [5, 5.41) is 14.8. The topological polar surface area (TPSA) is 125 Å². The van der Waals surface area contributed by atoms with E-state index in [0.29, 0.717) is 28.9 Å². The number of nitro benzene ring substituents is 1. The van der Waals surface area contributed by atoms with Crippen molar-refractivity contribution in [3.8, 4) is 0 Å². The van der Waals surface area contributed by atoms with Crippen molar-refractivity contribution >= 4 is 23.4 Å². The van der Waals surface area contributed by atoms with Gasteiger partial charge in [-0.05, 0) is 45.6 Å². The maximum absolute atomic E-state index is 13.6. The maximum Gasteiger partial charge on any atom is 0.337 e. The summed E-state index contributed by atoms with van der Waals surface area (Å²) in [5.74, 6) is -4.00. The number of nitro groups is 1. The lowest BCUT2D eigenvalue weighted by atomic mass is 9.69. The molecule has 1 heterocycles. The summed E-state index contributed by atoms with van der Waals surface area (Å²) in [6.07, 6.45) is -0.0270. The Bertz CT molecular complexity index is 1100. The minimum absolute atomic E-state index is 0.122. The summed E-state index contributed by atoms with van der Waals surface area (Å²) in [5.41, 5.74) is 2.26. The molecule has 2 aliphatic rings. The van der Waals surface area contributed by atoms with Gasteiger partial charge >= 0.3 is 11.9 Å². The summed E-state index contributed by atoms with van der Waals surface area (Å²) in [6, 6.07) is 4.63. The highest BCUT2D eigenvalue weighted by atomic mass is 16.6. The zero-order valence-electron chi connectivity index (χ0n) is 19.6. The monoisotopic (exact) mass is 456 g/mol. The van der Waals surface area contributed by atoms with Crippen LogP contribution in [0.5, 0.6) is 0 Å². The molecule has 0 fully saturated rings. The normalized spacial score (nSPS) is 22.6. The first-order chi connectivity index (χ1) is 15.5. The lowest BCUT2D eigenvalue weighted by Gasteiger charge is -2.38. The Morgan fingerprint density at radius 2 is 1.91 bits per heavy atom. The molecule has 0 saturated carbocycles. The third kappa shape index (κ3) is 4.40. The van der Waals surface area contributed by atoms with Gasteiger partial charge in [-0.25, -0.2) is 4.79 Å². The van der Waals surface area contributed by atoms with Crippen molar-refractivity contribution in [3.05, 3.63) is 62.0 Å². The molecule has 0 amide bonds. The zero-order valence-corrected chi connectivity index (χ0v) is 19.6. The number of methoxy groups -OCH3 is 1. The summed E-state index contributed by atoms with van der Waals surface area (Å²) in [4.78, 5) is 50.3. The molecule has 1 aromatic rings. The van der Waals surface area contributed by atoms with Crippen molar-refractivity contribution < 1.29 is 28.8 Å². The first-order valence-electron chi connectivity index (χ1n) is 10.8. The van der Waals surface area contributed by atoms with Crippen molar-refractivity contribution in [1.29, 1.82) is 0 Å². The van der Waals surface area contributed by atoms with Crippen molar-refractivity contribution in [2.75, 3.05) is 7.11 Å². The van der Waals surface area contributed by atoms with Crippen LogP contribution in [-0.2, 0) is 23.9 Å². The van der Waals surface area contributed by atoms with Crippen molar-refractivity contribution in [1.82, 2.24) is 5.32 Å². The van der Waals surface area contributed by atoms with Gasteiger partial charge in [-0.15, -0.1) is 0 Å². The number of benzene rings is 1. The molecule has 3 atom stereocenters. The number of hydrogen-bond donors (Lipinski definition) is 1. The molecule has 1 aromatic carbocycles. The summed E-state index contributed by atoms with van der Waals surface area (Å²) in [7, 11) is 1.22. The molecule has 0 spiro atoms. The number of rotatable bonds is 5. The van der Waals surface area contributed by atoms with E-state index in [1.807, 2.05) is 0 Å². The Labute approximate surface area is 192 Å². The predicted molar refractivity (Wildman–Crippen MR) is 119 cm³/mol. The molecule has 3 rings (SSSR count). The molecule has 1 N–H and O–H groups in total. The van der Waals surface area contributed by atoms with Crippen molar-refractivity contribution in [3.63, 3.8) is 0 Å². The Morgan fingerprint density at radius 1 is 1.24 bits per heavy atom. The number of allylic oxidation sites excluding steroid dienone is 3. The van der Waals surface area contributed by atoms with Crippen molar-refractivity contribution in [2.45, 2.75) is 53.1 Å². The fourth-order valence-electron chi connectivity index (χ4n) is 4.56. The van der Waals surface area contributed by atoms with Crippen molar-refractivity contribution in [2.24, 2.45) is 11.8 Å². The van der Waals surface area contributed by atoms with Gasteiger partial charge in [-0.1, -0.05) is 19.1 Å². The second-order valence-electron chi connectivity index (χ2n) is 8.79. The molecule has 0 saturated heterocycles. The third-order valence-electron chi connectivity index (χ3n) is 6.07. The van der Waals surface area contributed by atoms with Crippen LogP contribution in [0.4, 0.5) is 5.69 Å². The van der Waals surface area contributed by atoms with Gasteiger partial charge in [-0.2, -0.15) is 0 Å². The third-order valence-corrected chi connectivity index (χ3v) is 6.07. The summed E-state index contributed by atoms with van der Waals surface area (Å²) >= 11 is 0. The number of aryl methyl sites for hydroxylation is 1. The number of carbonyl (C=O) groups is 3. The van der Waals surface area contributed by atoms with Gasteiger partial charge in [0.15, 0.2) is 5.78 Å². The smallest absolute Gasteiger partial charge is 0.337 e. The van der Waals surface area contributed by atoms with Gasteiger partial charge in [0.05, 0.1) is 23.7 Å². The average Bonchev–Trinajstić information content (AvgIpc) is 2.72. The summed E-state index contributed by atoms with van der Waals surface area (Å²) < 4.78 is 10.3. The Kier molecular flexibility index (Phi) is 6.71. The average molecular weight is 456 g/mol. The van der Waals surface area contributed by atoms with Crippen LogP contribution in [0.1, 0.15) is 51.2 Å². The van der Waals surface area contributed by atoms with E-state index in [2.05, 4.69) is 5.32 Å². The van der Waals surface area contributed by atoms with E-state index in [1.54, 1.807) is 46.8 Å². The molecule has 9 nitrogen and oxygen atoms in total. The Balaban J connectivity index is 2.25. The number of nitrogens with zero attached hydrogens (tertiary/aromatic N) is 1. The molecule has 0 radical (unpaired) electrons. The molecular formula is C24H28N2O7. The standard InChI is InChI=1S/C24H28N2O7/c1-11(2)33-24(29)19-14(5)25-16-9-13(4)18(23(28)32-6)22(27)21(16)20(19)15-8-7-12(3)17(10-15)26(30)31/h7-8,10-11,13,18,20,25H,9H2,1-6H3/t13-,18+,20+/m1/s1. The van der Waals surface area contributed by atoms with Crippen LogP contribution in [0.2, 0.25) is 0 Å². The van der Waals surface area contributed by atoms with Gasteiger partial charge in [0.25, 0.3) is 5.69 Å². The SMILES string of the molecule is COC(=O)[C@@H]1C(=O)C2=C(C[C@H]1C)NC(C)=C(C(=O)OC(C)C)[C@@H]2c1ccc(C)c([N+](=O)[O-])c1. The maximum atomic E-state index is 13.6. The van der Waals surface area contributed by atoms with E-state index in [9.17, 15) is 24.5 Å². The summed E-state index contributed by atoms with van der Waals surface area (Å²) in [6.45, 7) is 8.53. The molecule has 0 aromatic heterocycles. The number of dihydropyridines is 1. The van der Waals surface area contributed by atoms with Gasteiger partial charge in [0.1, 0.15) is 5.92 Å². The number of ether oxygens (including phenoxy) is 2. The van der Waals surface area contributed by atoms with Crippen LogP contribution >= 0.6 is 0 Å². The Morgan fingerprint density at radius 3 is 2.48 bits per heavy atom. The van der Waals surface area contributed by atoms with Gasteiger partial charge < -0.3 is 14.8 Å². The van der Waals surface area contributed by atoms with Gasteiger partial charge in [0.2, 0.25) is 0 Å². The van der Waals surface area contributed by atoms with Crippen LogP contribution in [0, 0.1) is 28.9 Å². The van der Waals surface area contributed by atoms with Crippen LogP contribution < -0.4 is 5.32 Å². The lowest BCUT2D eigenvalue weighted by molar-refractivity contribution is -0.385. The van der Waals surface area contributed by atoms with Crippen LogP contribution in [0.3, 0.4) is 0 Å². The molecule has 176 valence electrons. The first kappa shape index (κ1) is 24.2. The number of nitrogens with one attached hydrogen (secondary N) is 1. The largest absolute Gasteiger partial charge is 0.468 e. The van der Waals surface area contributed by atoms with E-state index in [1.165, 1.54) is 13.2 Å². The van der Waals surface area contributed by atoms with Crippen LogP contribution in [0.15, 0.2) is 40.7 Å². The lowest BCUT2D eigenvalue weighted by Crippen LogP contribution is -2.43. The minimum atomic E-state index is -1.03. The van der Waals surface area contributed by atoms with E-state index < -0.39 is 40.6 Å². The first-order valence-corrected chi connectivity index (χ1v) is 10.8. The van der Waals surface area contributed by atoms with Gasteiger partial charge in [0, 0.05) is 34.5 Å². The van der Waals surface area contributed by atoms with Gasteiger partial charge in [-0.3, -0.25) is 19.7 Å². The second-order valence-corrected chi connectivity index (χ2v) is 8.79. The fraction of sp³-hybridized carbons (Fsp3) is 0.458. The van der Waals surface area contributed by atoms with Crippen LogP contribution in [-0.4, -0.2) is 35.9 Å². The molecular weight excluding hydrogens is 428 g/mol. The zero-order chi connectivity index (χ0) is 24.6. The molecule has 0 bridgehead atoms. The highest BCUT2D eigenvalue weighted by Crippen LogP contribution is 2.46.